The largest absolute Gasteiger partial charge is 0.314 e. The number of hydrogen-bond donors (Lipinski definition) is 1. The molecule has 1 fully saturated rings. The quantitative estimate of drug-likeness (QED) is 0.660. The second kappa shape index (κ2) is 5.43. The first-order valence-electron chi connectivity index (χ1n) is 5.59. The van der Waals surface area contributed by atoms with Crippen molar-refractivity contribution in [2.24, 2.45) is 5.92 Å². The lowest BCUT2D eigenvalue weighted by Crippen LogP contribution is -2.23. The van der Waals surface area contributed by atoms with Crippen molar-refractivity contribution in [1.82, 2.24) is 5.32 Å². The Morgan fingerprint density at radius 2 is 1.92 bits per heavy atom. The van der Waals surface area contributed by atoms with Gasteiger partial charge in [-0.05, 0) is 39.7 Å². The van der Waals surface area contributed by atoms with E-state index in [9.17, 15) is 0 Å². The molecule has 1 N–H and O–H groups in total. The fraction of sp³-hybridized carbons (Fsp3) is 0.833. The molecule has 0 amide bonds. The molecule has 0 aromatic rings. The fourth-order valence-corrected chi connectivity index (χ4v) is 2.04. The van der Waals surface area contributed by atoms with E-state index in [0.29, 0.717) is 6.04 Å². The maximum atomic E-state index is 3.29. The smallest absolute Gasteiger partial charge is 0.0245 e. The Morgan fingerprint density at radius 1 is 1.31 bits per heavy atom. The van der Waals surface area contributed by atoms with Gasteiger partial charge in [0.25, 0.3) is 0 Å². The third-order valence-electron chi connectivity index (χ3n) is 3.26. The zero-order valence-corrected chi connectivity index (χ0v) is 9.27. The first-order chi connectivity index (χ1) is 6.24. The first-order valence-corrected chi connectivity index (χ1v) is 5.59. The summed E-state index contributed by atoms with van der Waals surface area (Å²) in [6, 6.07) is 0.543. The molecule has 1 rings (SSSR count). The molecule has 0 spiro atoms. The van der Waals surface area contributed by atoms with Gasteiger partial charge in [-0.15, -0.1) is 0 Å². The van der Waals surface area contributed by atoms with Gasteiger partial charge in [0.1, 0.15) is 0 Å². The molecular formula is C12H23N. The van der Waals surface area contributed by atoms with Crippen LogP contribution < -0.4 is 5.32 Å². The monoisotopic (exact) mass is 181 g/mol. The minimum atomic E-state index is 0.543. The van der Waals surface area contributed by atoms with Crippen LogP contribution in [0.25, 0.3) is 0 Å². The van der Waals surface area contributed by atoms with Crippen LogP contribution in [-0.4, -0.2) is 13.1 Å². The van der Waals surface area contributed by atoms with Gasteiger partial charge in [-0.3, -0.25) is 0 Å². The molecule has 1 nitrogen and oxygen atoms in total. The lowest BCUT2D eigenvalue weighted by atomic mass is 9.87. The molecule has 1 aliphatic rings. The molecule has 76 valence electrons. The van der Waals surface area contributed by atoms with Crippen molar-refractivity contribution in [2.75, 3.05) is 7.05 Å². The van der Waals surface area contributed by atoms with Gasteiger partial charge in [-0.25, -0.2) is 0 Å². The first kappa shape index (κ1) is 10.8. The van der Waals surface area contributed by atoms with Crippen LogP contribution in [0.4, 0.5) is 0 Å². The highest BCUT2D eigenvalue weighted by Crippen LogP contribution is 2.25. The minimum Gasteiger partial charge on any atom is -0.314 e. The van der Waals surface area contributed by atoms with Crippen LogP contribution in [0.1, 0.15) is 46.0 Å². The van der Waals surface area contributed by atoms with Crippen molar-refractivity contribution >= 4 is 0 Å². The zero-order valence-electron chi connectivity index (χ0n) is 9.27. The van der Waals surface area contributed by atoms with Crippen molar-refractivity contribution in [3.63, 3.8) is 0 Å². The predicted molar refractivity (Wildman–Crippen MR) is 58.9 cm³/mol. The highest BCUT2D eigenvalue weighted by atomic mass is 14.9. The number of hydrogen-bond acceptors (Lipinski definition) is 1. The van der Waals surface area contributed by atoms with Crippen LogP contribution in [0, 0.1) is 5.92 Å². The number of likely N-dealkylation sites (N-methyl/N-ethyl adjacent to an activating group) is 1. The van der Waals surface area contributed by atoms with Gasteiger partial charge in [0.15, 0.2) is 0 Å². The van der Waals surface area contributed by atoms with E-state index in [1.54, 1.807) is 0 Å². The molecule has 0 heterocycles. The Labute approximate surface area is 82.6 Å². The lowest BCUT2D eigenvalue weighted by Gasteiger charge is -2.20. The van der Waals surface area contributed by atoms with Crippen LogP contribution >= 0.6 is 0 Å². The molecule has 1 aliphatic carbocycles. The van der Waals surface area contributed by atoms with E-state index in [1.165, 1.54) is 37.7 Å². The van der Waals surface area contributed by atoms with Crippen molar-refractivity contribution in [2.45, 2.75) is 52.0 Å². The maximum absolute atomic E-state index is 3.29. The van der Waals surface area contributed by atoms with Crippen molar-refractivity contribution in [1.29, 1.82) is 0 Å². The third kappa shape index (κ3) is 3.51. The molecule has 0 aromatic carbocycles. The molecule has 1 saturated carbocycles. The Morgan fingerprint density at radius 3 is 2.46 bits per heavy atom. The zero-order chi connectivity index (χ0) is 9.68. The SMILES string of the molecule is CNC(C)/C(C)=C/C1CCCCC1. The van der Waals surface area contributed by atoms with E-state index in [0.717, 1.165) is 5.92 Å². The molecule has 0 aliphatic heterocycles. The predicted octanol–water partition coefficient (Wildman–Crippen LogP) is 3.12. The molecule has 0 aromatic heterocycles. The Hall–Kier alpha value is -0.300. The third-order valence-corrected chi connectivity index (χ3v) is 3.26. The molecule has 0 radical (unpaired) electrons. The van der Waals surface area contributed by atoms with Crippen molar-refractivity contribution in [3.8, 4) is 0 Å². The van der Waals surface area contributed by atoms with Crippen LogP contribution in [-0.2, 0) is 0 Å². The summed E-state index contributed by atoms with van der Waals surface area (Å²) < 4.78 is 0. The standard InChI is InChI=1S/C12H23N/c1-10(11(2)13-3)9-12-7-5-4-6-8-12/h9,11-13H,4-8H2,1-3H3/b10-9+. The number of allylic oxidation sites excluding steroid dienone is 1. The van der Waals surface area contributed by atoms with Gasteiger partial charge in [0.05, 0.1) is 0 Å². The second-order valence-corrected chi connectivity index (χ2v) is 4.32. The molecule has 0 bridgehead atoms. The van der Waals surface area contributed by atoms with E-state index in [-0.39, 0.29) is 0 Å². The van der Waals surface area contributed by atoms with E-state index < -0.39 is 0 Å². The summed E-state index contributed by atoms with van der Waals surface area (Å²) in [7, 11) is 2.03. The van der Waals surface area contributed by atoms with E-state index >= 15 is 0 Å². The maximum Gasteiger partial charge on any atom is 0.0245 e. The average molecular weight is 181 g/mol. The van der Waals surface area contributed by atoms with Gasteiger partial charge in [0.2, 0.25) is 0 Å². The highest BCUT2D eigenvalue weighted by molar-refractivity contribution is 5.08. The van der Waals surface area contributed by atoms with Crippen molar-refractivity contribution in [3.05, 3.63) is 11.6 Å². The lowest BCUT2D eigenvalue weighted by molar-refractivity contribution is 0.416. The van der Waals surface area contributed by atoms with E-state index in [1.807, 2.05) is 7.05 Å². The highest BCUT2D eigenvalue weighted by Gasteiger charge is 2.11. The van der Waals surface area contributed by atoms with E-state index in [2.05, 4.69) is 25.2 Å². The summed E-state index contributed by atoms with van der Waals surface area (Å²) in [6.45, 7) is 4.48. The summed E-state index contributed by atoms with van der Waals surface area (Å²) in [5.74, 6) is 0.865. The molecular weight excluding hydrogens is 158 g/mol. The Balaban J connectivity index is 2.42. The van der Waals surface area contributed by atoms with Gasteiger partial charge in [-0.2, -0.15) is 0 Å². The number of nitrogens with one attached hydrogen (secondary N) is 1. The van der Waals surface area contributed by atoms with Crippen LogP contribution in [0.15, 0.2) is 11.6 Å². The van der Waals surface area contributed by atoms with Crippen LogP contribution in [0.3, 0.4) is 0 Å². The van der Waals surface area contributed by atoms with Gasteiger partial charge in [-0.1, -0.05) is 30.9 Å². The summed E-state index contributed by atoms with van der Waals surface area (Å²) in [5, 5.41) is 3.29. The van der Waals surface area contributed by atoms with Crippen LogP contribution in [0.5, 0.6) is 0 Å². The molecule has 1 unspecified atom stereocenters. The molecule has 13 heavy (non-hydrogen) atoms. The van der Waals surface area contributed by atoms with Gasteiger partial charge in [0, 0.05) is 6.04 Å². The van der Waals surface area contributed by atoms with Crippen molar-refractivity contribution < 1.29 is 0 Å². The molecule has 0 saturated heterocycles. The normalized spacial score (nSPS) is 23.2. The minimum absolute atomic E-state index is 0.543. The Bertz CT molecular complexity index is 166. The summed E-state index contributed by atoms with van der Waals surface area (Å²) >= 11 is 0. The summed E-state index contributed by atoms with van der Waals surface area (Å²) in [6.07, 6.45) is 9.62. The summed E-state index contributed by atoms with van der Waals surface area (Å²) in [4.78, 5) is 0. The van der Waals surface area contributed by atoms with Gasteiger partial charge < -0.3 is 5.32 Å². The topological polar surface area (TPSA) is 12.0 Å². The van der Waals surface area contributed by atoms with Crippen LogP contribution in [0.2, 0.25) is 0 Å². The average Bonchev–Trinajstić information content (AvgIpc) is 2.18. The fourth-order valence-electron chi connectivity index (χ4n) is 2.04. The van der Waals surface area contributed by atoms with Gasteiger partial charge >= 0.3 is 0 Å². The summed E-state index contributed by atoms with van der Waals surface area (Å²) in [5.41, 5.74) is 1.51. The van der Waals surface area contributed by atoms with E-state index in [4.69, 9.17) is 0 Å². The molecule has 1 heteroatoms. The Kier molecular flexibility index (Phi) is 4.51. The molecule has 1 atom stereocenters. The number of rotatable bonds is 3. The second-order valence-electron chi connectivity index (χ2n) is 4.32.